The van der Waals surface area contributed by atoms with Gasteiger partial charge >= 0.3 is 0 Å². The maximum Gasteiger partial charge on any atom is 0.212 e. The van der Waals surface area contributed by atoms with E-state index in [9.17, 15) is 4.39 Å². The second kappa shape index (κ2) is 8.96. The number of aromatic nitrogens is 3. The van der Waals surface area contributed by atoms with E-state index < -0.39 is 0 Å². The zero-order valence-electron chi connectivity index (χ0n) is 14.3. The Labute approximate surface area is 161 Å². The minimum Gasteiger partial charge on any atom is -0.206 e. The van der Waals surface area contributed by atoms with Gasteiger partial charge in [-0.25, -0.2) is 4.39 Å². The van der Waals surface area contributed by atoms with Crippen molar-refractivity contribution >= 4 is 29.6 Å². The van der Waals surface area contributed by atoms with Crippen LogP contribution in [0.2, 0.25) is 5.02 Å². The highest BCUT2D eigenvalue weighted by atomic mass is 35.5. The summed E-state index contributed by atoms with van der Waals surface area (Å²) in [6, 6.07) is 14.2. The molecular formula is C19H18ClFN4S. The van der Waals surface area contributed by atoms with Crippen LogP contribution in [0.4, 0.5) is 4.39 Å². The molecule has 0 aliphatic heterocycles. The van der Waals surface area contributed by atoms with E-state index in [4.69, 9.17) is 11.6 Å². The molecule has 26 heavy (non-hydrogen) atoms. The summed E-state index contributed by atoms with van der Waals surface area (Å²) in [6.45, 7) is 2.07. The van der Waals surface area contributed by atoms with Crippen molar-refractivity contribution in [2.75, 3.05) is 0 Å². The number of thioether (sulfide) groups is 1. The van der Waals surface area contributed by atoms with Crippen molar-refractivity contribution in [3.63, 3.8) is 0 Å². The number of rotatable bonds is 7. The van der Waals surface area contributed by atoms with Crippen molar-refractivity contribution in [3.05, 3.63) is 76.3 Å². The molecular weight excluding hydrogens is 371 g/mol. The molecule has 0 atom stereocenters. The SMILES string of the molecule is CCCc1nnc(SCc2ccc(Cl)cc2)n1/N=C/c1ccccc1F. The smallest absolute Gasteiger partial charge is 0.206 e. The molecule has 0 spiro atoms. The van der Waals surface area contributed by atoms with Gasteiger partial charge in [-0.1, -0.05) is 60.6 Å². The Morgan fingerprint density at radius 3 is 2.65 bits per heavy atom. The molecule has 0 amide bonds. The highest BCUT2D eigenvalue weighted by Gasteiger charge is 2.12. The van der Waals surface area contributed by atoms with Crippen LogP contribution in [-0.4, -0.2) is 21.1 Å². The highest BCUT2D eigenvalue weighted by molar-refractivity contribution is 7.98. The van der Waals surface area contributed by atoms with E-state index in [1.54, 1.807) is 22.9 Å². The van der Waals surface area contributed by atoms with Gasteiger partial charge in [-0.3, -0.25) is 0 Å². The van der Waals surface area contributed by atoms with E-state index in [0.717, 1.165) is 30.0 Å². The maximum absolute atomic E-state index is 13.8. The lowest BCUT2D eigenvalue weighted by Gasteiger charge is -2.04. The Hall–Kier alpha value is -2.18. The van der Waals surface area contributed by atoms with E-state index in [0.29, 0.717) is 15.7 Å². The van der Waals surface area contributed by atoms with Crippen molar-refractivity contribution < 1.29 is 4.39 Å². The molecule has 3 aromatic rings. The number of nitrogens with zero attached hydrogens (tertiary/aromatic N) is 4. The summed E-state index contributed by atoms with van der Waals surface area (Å²) in [5, 5.41) is 14.3. The predicted molar refractivity (Wildman–Crippen MR) is 104 cm³/mol. The first-order valence-electron chi connectivity index (χ1n) is 8.27. The summed E-state index contributed by atoms with van der Waals surface area (Å²) >= 11 is 7.45. The maximum atomic E-state index is 13.8. The van der Waals surface area contributed by atoms with Crippen LogP contribution in [0.3, 0.4) is 0 Å². The Morgan fingerprint density at radius 2 is 1.92 bits per heavy atom. The number of hydrogen-bond donors (Lipinski definition) is 0. The van der Waals surface area contributed by atoms with Crippen molar-refractivity contribution in [2.45, 2.75) is 30.7 Å². The first-order chi connectivity index (χ1) is 12.7. The predicted octanol–water partition coefficient (Wildman–Crippen LogP) is 5.20. The summed E-state index contributed by atoms with van der Waals surface area (Å²) < 4.78 is 15.5. The Balaban J connectivity index is 1.81. The third-order valence-corrected chi connectivity index (χ3v) is 4.89. The number of hydrogen-bond acceptors (Lipinski definition) is 4. The molecule has 0 radical (unpaired) electrons. The van der Waals surface area contributed by atoms with E-state index in [1.165, 1.54) is 24.0 Å². The van der Waals surface area contributed by atoms with Crippen LogP contribution in [-0.2, 0) is 12.2 Å². The van der Waals surface area contributed by atoms with Crippen molar-refractivity contribution in [3.8, 4) is 0 Å². The Morgan fingerprint density at radius 1 is 1.15 bits per heavy atom. The minimum absolute atomic E-state index is 0.309. The molecule has 4 nitrogen and oxygen atoms in total. The summed E-state index contributed by atoms with van der Waals surface area (Å²) in [5.74, 6) is 1.17. The topological polar surface area (TPSA) is 43.1 Å². The lowest BCUT2D eigenvalue weighted by molar-refractivity contribution is 0.625. The molecule has 0 N–H and O–H groups in total. The monoisotopic (exact) mass is 388 g/mol. The van der Waals surface area contributed by atoms with E-state index in [2.05, 4.69) is 22.2 Å². The van der Waals surface area contributed by atoms with Crippen LogP contribution >= 0.6 is 23.4 Å². The lowest BCUT2D eigenvalue weighted by atomic mass is 10.2. The Bertz CT molecular complexity index is 893. The molecule has 0 bridgehead atoms. The van der Waals surface area contributed by atoms with Gasteiger partial charge in [-0.15, -0.1) is 10.2 Å². The third-order valence-electron chi connectivity index (χ3n) is 3.65. The van der Waals surface area contributed by atoms with Crippen LogP contribution in [0.1, 0.15) is 30.3 Å². The molecule has 0 aliphatic carbocycles. The standard InChI is InChI=1S/C19H18ClFN4S/c1-2-5-18-23-24-19(26-13-14-8-10-16(20)11-9-14)25(18)22-12-15-6-3-4-7-17(15)21/h3-4,6-12H,2,5,13H2,1H3/b22-12+. The summed E-state index contributed by atoms with van der Waals surface area (Å²) in [4.78, 5) is 0. The normalized spacial score (nSPS) is 11.3. The summed E-state index contributed by atoms with van der Waals surface area (Å²) in [7, 11) is 0. The number of aryl methyl sites for hydroxylation is 1. The van der Waals surface area contributed by atoms with Crippen LogP contribution in [0, 0.1) is 5.82 Å². The molecule has 7 heteroatoms. The molecule has 134 valence electrons. The molecule has 0 unspecified atom stereocenters. The zero-order valence-corrected chi connectivity index (χ0v) is 15.8. The van der Waals surface area contributed by atoms with Crippen LogP contribution in [0.5, 0.6) is 0 Å². The van der Waals surface area contributed by atoms with Gasteiger partial charge in [-0.2, -0.15) is 9.78 Å². The summed E-state index contributed by atoms with van der Waals surface area (Å²) in [6.07, 6.45) is 3.18. The first-order valence-corrected chi connectivity index (χ1v) is 9.64. The van der Waals surface area contributed by atoms with E-state index in [1.807, 2.05) is 24.3 Å². The molecule has 0 aliphatic rings. The quantitative estimate of drug-likeness (QED) is 0.413. The Kier molecular flexibility index (Phi) is 6.41. The average molecular weight is 389 g/mol. The lowest BCUT2D eigenvalue weighted by Crippen LogP contribution is -2.01. The molecule has 1 heterocycles. The molecule has 0 saturated heterocycles. The van der Waals surface area contributed by atoms with Gasteiger partial charge in [0.25, 0.3) is 0 Å². The molecule has 3 rings (SSSR count). The minimum atomic E-state index is -0.309. The second-order valence-electron chi connectivity index (χ2n) is 5.64. The molecule has 2 aromatic carbocycles. The fraction of sp³-hybridized carbons (Fsp3) is 0.211. The van der Waals surface area contributed by atoms with Crippen LogP contribution in [0.15, 0.2) is 58.8 Å². The van der Waals surface area contributed by atoms with Crippen molar-refractivity contribution in [2.24, 2.45) is 5.10 Å². The number of benzene rings is 2. The fourth-order valence-electron chi connectivity index (χ4n) is 2.31. The number of halogens is 2. The van der Waals surface area contributed by atoms with Crippen LogP contribution < -0.4 is 0 Å². The zero-order chi connectivity index (χ0) is 18.4. The van der Waals surface area contributed by atoms with E-state index >= 15 is 0 Å². The summed E-state index contributed by atoms with van der Waals surface area (Å²) in [5.41, 5.74) is 1.56. The fourth-order valence-corrected chi connectivity index (χ4v) is 3.30. The van der Waals surface area contributed by atoms with Gasteiger partial charge in [0, 0.05) is 22.8 Å². The van der Waals surface area contributed by atoms with Gasteiger partial charge in [0.15, 0.2) is 5.82 Å². The van der Waals surface area contributed by atoms with Gasteiger partial charge < -0.3 is 0 Å². The van der Waals surface area contributed by atoms with Crippen molar-refractivity contribution in [1.82, 2.24) is 14.9 Å². The molecule has 1 aromatic heterocycles. The second-order valence-corrected chi connectivity index (χ2v) is 7.02. The van der Waals surface area contributed by atoms with Gasteiger partial charge in [0.2, 0.25) is 5.16 Å². The average Bonchev–Trinajstić information content (AvgIpc) is 3.03. The van der Waals surface area contributed by atoms with Crippen LogP contribution in [0.25, 0.3) is 0 Å². The van der Waals surface area contributed by atoms with Gasteiger partial charge in [0.1, 0.15) is 5.82 Å². The van der Waals surface area contributed by atoms with Crippen molar-refractivity contribution in [1.29, 1.82) is 0 Å². The molecule has 0 saturated carbocycles. The van der Waals surface area contributed by atoms with Gasteiger partial charge in [0.05, 0.1) is 6.21 Å². The van der Waals surface area contributed by atoms with Gasteiger partial charge in [-0.05, 0) is 30.2 Å². The van der Waals surface area contributed by atoms with E-state index in [-0.39, 0.29) is 5.82 Å². The molecule has 0 fully saturated rings. The largest absolute Gasteiger partial charge is 0.212 e. The third kappa shape index (κ3) is 4.71. The first kappa shape index (κ1) is 18.6. The highest BCUT2D eigenvalue weighted by Crippen LogP contribution is 2.23.